The van der Waals surface area contributed by atoms with Gasteiger partial charge >= 0.3 is 5.63 Å². The third-order valence-electron chi connectivity index (χ3n) is 3.64. The molecule has 0 N–H and O–H groups in total. The molecule has 5 nitrogen and oxygen atoms in total. The predicted molar refractivity (Wildman–Crippen MR) is 88.7 cm³/mol. The molecule has 0 bridgehead atoms. The smallest absolute Gasteiger partial charge is 0.336 e. The summed E-state index contributed by atoms with van der Waals surface area (Å²) < 4.78 is 29.3. The first-order valence-corrected chi connectivity index (χ1v) is 7.55. The van der Waals surface area contributed by atoms with Crippen molar-refractivity contribution in [3.05, 3.63) is 82.9 Å². The molecule has 2 aromatic carbocycles. The molecule has 0 amide bonds. The average Bonchev–Trinajstić information content (AvgIpc) is 3.09. The first kappa shape index (κ1) is 15.1. The monoisotopic (exact) mass is 337 g/mol. The van der Waals surface area contributed by atoms with E-state index in [4.69, 9.17) is 13.6 Å². The summed E-state index contributed by atoms with van der Waals surface area (Å²) in [6.45, 7) is 0.115. The van der Waals surface area contributed by atoms with Crippen LogP contribution in [0.2, 0.25) is 0 Å². The maximum atomic E-state index is 13.0. The van der Waals surface area contributed by atoms with E-state index in [0.29, 0.717) is 23.0 Å². The van der Waals surface area contributed by atoms with E-state index < -0.39 is 5.63 Å². The van der Waals surface area contributed by atoms with Crippen LogP contribution in [0.4, 0.5) is 4.39 Å². The van der Waals surface area contributed by atoms with E-state index in [1.165, 1.54) is 18.2 Å². The van der Waals surface area contributed by atoms with Crippen LogP contribution < -0.4 is 10.4 Å². The average molecular weight is 337 g/mol. The molecule has 6 heteroatoms. The fraction of sp³-hybridized carbons (Fsp3) is 0.0526. The maximum absolute atomic E-state index is 13.0. The molecule has 4 rings (SSSR count). The van der Waals surface area contributed by atoms with Crippen molar-refractivity contribution < 1.29 is 18.0 Å². The quantitative estimate of drug-likeness (QED) is 0.523. The SMILES string of the molecule is O=c1ccc2ccc(OCc3ncc(-c4ccc(F)cc4)o3)cc2o1. The van der Waals surface area contributed by atoms with Gasteiger partial charge in [0.2, 0.25) is 5.89 Å². The Morgan fingerprint density at radius 3 is 2.64 bits per heavy atom. The van der Waals surface area contributed by atoms with Crippen molar-refractivity contribution in [2.45, 2.75) is 6.61 Å². The third-order valence-corrected chi connectivity index (χ3v) is 3.64. The summed E-state index contributed by atoms with van der Waals surface area (Å²) in [5, 5.41) is 0.807. The Bertz CT molecular complexity index is 1080. The van der Waals surface area contributed by atoms with Gasteiger partial charge in [0.05, 0.1) is 6.20 Å². The van der Waals surface area contributed by atoms with E-state index in [1.807, 2.05) is 0 Å². The highest BCUT2D eigenvalue weighted by Gasteiger charge is 2.08. The van der Waals surface area contributed by atoms with Gasteiger partial charge in [-0.25, -0.2) is 14.2 Å². The second kappa shape index (κ2) is 6.24. The van der Waals surface area contributed by atoms with Gasteiger partial charge in [-0.15, -0.1) is 0 Å². The van der Waals surface area contributed by atoms with Crippen molar-refractivity contribution in [3.8, 4) is 17.1 Å². The molecule has 0 radical (unpaired) electrons. The lowest BCUT2D eigenvalue weighted by Crippen LogP contribution is -1.97. The summed E-state index contributed by atoms with van der Waals surface area (Å²) in [6.07, 6.45) is 1.56. The standard InChI is InChI=1S/C19H12FNO4/c20-14-5-1-13(2-6-14)17-10-21-18(24-17)11-23-15-7-3-12-4-8-19(22)25-16(12)9-15/h1-10H,11H2. The normalized spacial score (nSPS) is 10.9. The number of aromatic nitrogens is 1. The van der Waals surface area contributed by atoms with E-state index in [1.54, 1.807) is 42.6 Å². The zero-order chi connectivity index (χ0) is 17.2. The van der Waals surface area contributed by atoms with Crippen LogP contribution in [0, 0.1) is 5.82 Å². The molecular weight excluding hydrogens is 325 g/mol. The molecule has 0 spiro atoms. The molecule has 2 aromatic heterocycles. The molecule has 124 valence electrons. The molecule has 0 aliphatic carbocycles. The lowest BCUT2D eigenvalue weighted by Gasteiger charge is -2.04. The fourth-order valence-electron chi connectivity index (χ4n) is 2.40. The van der Waals surface area contributed by atoms with Crippen molar-refractivity contribution in [3.63, 3.8) is 0 Å². The molecule has 0 saturated heterocycles. The second-order valence-electron chi connectivity index (χ2n) is 5.37. The molecule has 25 heavy (non-hydrogen) atoms. The molecule has 2 heterocycles. The van der Waals surface area contributed by atoms with Crippen molar-refractivity contribution in [2.24, 2.45) is 0 Å². The summed E-state index contributed by atoms with van der Waals surface area (Å²) in [5.41, 5.74) is 0.762. The van der Waals surface area contributed by atoms with Gasteiger partial charge < -0.3 is 13.6 Å². The summed E-state index contributed by atoms with van der Waals surface area (Å²) >= 11 is 0. The number of hydrogen-bond donors (Lipinski definition) is 0. The molecular formula is C19H12FNO4. The molecule has 0 aliphatic heterocycles. The number of nitrogens with zero attached hydrogens (tertiary/aromatic N) is 1. The minimum atomic E-state index is -0.415. The predicted octanol–water partition coefficient (Wildman–Crippen LogP) is 4.17. The van der Waals surface area contributed by atoms with Crippen LogP contribution in [0.25, 0.3) is 22.3 Å². The lowest BCUT2D eigenvalue weighted by molar-refractivity contribution is 0.264. The molecule has 0 atom stereocenters. The van der Waals surface area contributed by atoms with Crippen LogP contribution in [0.5, 0.6) is 5.75 Å². The topological polar surface area (TPSA) is 65.5 Å². The number of oxazole rings is 1. The zero-order valence-corrected chi connectivity index (χ0v) is 12.9. The van der Waals surface area contributed by atoms with Crippen molar-refractivity contribution in [2.75, 3.05) is 0 Å². The Hall–Kier alpha value is -3.41. The maximum Gasteiger partial charge on any atom is 0.336 e. The van der Waals surface area contributed by atoms with E-state index in [-0.39, 0.29) is 12.4 Å². The van der Waals surface area contributed by atoms with Gasteiger partial charge in [-0.3, -0.25) is 0 Å². The van der Waals surface area contributed by atoms with Crippen molar-refractivity contribution >= 4 is 11.0 Å². The van der Waals surface area contributed by atoms with Gasteiger partial charge in [0.1, 0.15) is 17.1 Å². The van der Waals surface area contributed by atoms with Crippen molar-refractivity contribution in [1.29, 1.82) is 0 Å². The summed E-state index contributed by atoms with van der Waals surface area (Å²) in [7, 11) is 0. The van der Waals surface area contributed by atoms with E-state index >= 15 is 0 Å². The van der Waals surface area contributed by atoms with Crippen molar-refractivity contribution in [1.82, 2.24) is 4.98 Å². The van der Waals surface area contributed by atoms with Crippen LogP contribution in [-0.2, 0) is 6.61 Å². The van der Waals surface area contributed by atoms with Crippen LogP contribution in [0.1, 0.15) is 5.89 Å². The first-order valence-electron chi connectivity index (χ1n) is 7.55. The minimum Gasteiger partial charge on any atom is -0.484 e. The Balaban J connectivity index is 1.50. The Morgan fingerprint density at radius 1 is 1.00 bits per heavy atom. The molecule has 4 aromatic rings. The van der Waals surface area contributed by atoms with Gasteiger partial charge in [0, 0.05) is 23.1 Å². The van der Waals surface area contributed by atoms with Gasteiger partial charge in [0.25, 0.3) is 0 Å². The van der Waals surface area contributed by atoms with Gasteiger partial charge in [-0.1, -0.05) is 0 Å². The summed E-state index contributed by atoms with van der Waals surface area (Å²) in [4.78, 5) is 15.4. The van der Waals surface area contributed by atoms with E-state index in [0.717, 1.165) is 10.9 Å². The van der Waals surface area contributed by atoms with Crippen LogP contribution >= 0.6 is 0 Å². The highest BCUT2D eigenvalue weighted by atomic mass is 19.1. The van der Waals surface area contributed by atoms with Crippen LogP contribution in [-0.4, -0.2) is 4.98 Å². The number of halogens is 1. The second-order valence-corrected chi connectivity index (χ2v) is 5.37. The van der Waals surface area contributed by atoms with Crippen LogP contribution in [0.3, 0.4) is 0 Å². The Kier molecular flexibility index (Phi) is 3.78. The molecule has 0 saturated carbocycles. The minimum absolute atomic E-state index is 0.115. The van der Waals surface area contributed by atoms with Gasteiger partial charge in [-0.05, 0) is 42.5 Å². The number of hydrogen-bond acceptors (Lipinski definition) is 5. The van der Waals surface area contributed by atoms with Gasteiger partial charge in [0.15, 0.2) is 12.4 Å². The number of benzene rings is 2. The lowest BCUT2D eigenvalue weighted by atomic mass is 10.2. The molecule has 0 unspecified atom stereocenters. The Labute approximate surface area is 141 Å². The van der Waals surface area contributed by atoms with Crippen LogP contribution in [0.15, 0.2) is 74.4 Å². The third kappa shape index (κ3) is 3.28. The van der Waals surface area contributed by atoms with E-state index in [9.17, 15) is 9.18 Å². The van der Waals surface area contributed by atoms with E-state index in [2.05, 4.69) is 4.98 Å². The highest BCUT2D eigenvalue weighted by molar-refractivity contribution is 5.77. The highest BCUT2D eigenvalue weighted by Crippen LogP contribution is 2.23. The fourth-order valence-corrected chi connectivity index (χ4v) is 2.40. The molecule has 0 fully saturated rings. The van der Waals surface area contributed by atoms with Gasteiger partial charge in [-0.2, -0.15) is 0 Å². The number of fused-ring (bicyclic) bond motifs is 1. The largest absolute Gasteiger partial charge is 0.484 e. The zero-order valence-electron chi connectivity index (χ0n) is 12.9. The number of ether oxygens (including phenoxy) is 1. The molecule has 0 aliphatic rings. The summed E-state index contributed by atoms with van der Waals surface area (Å²) in [5.74, 6) is 1.13. The Morgan fingerprint density at radius 2 is 1.80 bits per heavy atom. The first-order chi connectivity index (χ1) is 12.2. The summed E-state index contributed by atoms with van der Waals surface area (Å²) in [6, 6.07) is 14.2. The number of rotatable bonds is 4.